The number of aryl methyl sites for hydroxylation is 1. The Morgan fingerprint density at radius 3 is 2.90 bits per heavy atom. The highest BCUT2D eigenvalue weighted by Gasteiger charge is 2.12. The Hall–Kier alpha value is -2.40. The predicted octanol–water partition coefficient (Wildman–Crippen LogP) is 3.69. The van der Waals surface area contributed by atoms with Gasteiger partial charge in [0.05, 0.1) is 11.7 Å². The van der Waals surface area contributed by atoms with Gasteiger partial charge < -0.3 is 4.42 Å². The quantitative estimate of drug-likeness (QED) is 0.801. The molecule has 0 bridgehead atoms. The Morgan fingerprint density at radius 2 is 2.14 bits per heavy atom. The van der Waals surface area contributed by atoms with Gasteiger partial charge in [0.25, 0.3) is 5.91 Å². The van der Waals surface area contributed by atoms with Crippen molar-refractivity contribution in [2.45, 2.75) is 13.3 Å². The van der Waals surface area contributed by atoms with E-state index in [9.17, 15) is 4.79 Å². The highest BCUT2D eigenvalue weighted by molar-refractivity contribution is 6.31. The molecule has 6 heteroatoms. The van der Waals surface area contributed by atoms with E-state index in [0.717, 1.165) is 11.8 Å². The maximum Gasteiger partial charge on any atom is 0.301 e. The first-order chi connectivity index (χ1) is 10.2. The minimum absolute atomic E-state index is 0.171. The molecule has 2 heterocycles. The second-order valence-electron chi connectivity index (χ2n) is 4.47. The lowest BCUT2D eigenvalue weighted by Gasteiger charge is -2.03. The summed E-state index contributed by atoms with van der Waals surface area (Å²) < 4.78 is 5.34. The van der Waals surface area contributed by atoms with Gasteiger partial charge in [0, 0.05) is 16.8 Å². The van der Waals surface area contributed by atoms with Crippen LogP contribution in [-0.2, 0) is 6.42 Å². The summed E-state index contributed by atoms with van der Waals surface area (Å²) in [6.07, 6.45) is 2.30. The van der Waals surface area contributed by atoms with Crippen LogP contribution in [-0.4, -0.2) is 15.9 Å². The van der Waals surface area contributed by atoms with Gasteiger partial charge in [-0.1, -0.05) is 30.7 Å². The van der Waals surface area contributed by atoms with E-state index in [4.69, 9.17) is 16.0 Å². The highest BCUT2D eigenvalue weighted by atomic mass is 35.5. The van der Waals surface area contributed by atoms with Gasteiger partial charge in [-0.15, -0.1) is 0 Å². The van der Waals surface area contributed by atoms with Crippen molar-refractivity contribution >= 4 is 34.4 Å². The number of hydrogen-bond acceptors (Lipinski definition) is 4. The number of carbonyl (C=O) groups excluding carboxylic acids is 1. The maximum atomic E-state index is 12.1. The predicted molar refractivity (Wildman–Crippen MR) is 80.6 cm³/mol. The summed E-state index contributed by atoms with van der Waals surface area (Å²) in [4.78, 5) is 20.4. The maximum absolute atomic E-state index is 12.1. The second kappa shape index (κ2) is 5.54. The molecule has 1 amide bonds. The first kappa shape index (κ1) is 13.6. The molecule has 1 N–H and O–H groups in total. The molecule has 1 aromatic carbocycles. The smallest absolute Gasteiger partial charge is 0.301 e. The Balaban J connectivity index is 1.86. The normalized spacial score (nSPS) is 10.8. The van der Waals surface area contributed by atoms with Crippen LogP contribution in [0.2, 0.25) is 5.02 Å². The third kappa shape index (κ3) is 2.87. The van der Waals surface area contributed by atoms with E-state index in [2.05, 4.69) is 15.3 Å². The van der Waals surface area contributed by atoms with Gasteiger partial charge in [-0.2, -0.15) is 0 Å². The van der Waals surface area contributed by atoms with Crippen molar-refractivity contribution in [2.75, 3.05) is 5.32 Å². The minimum Gasteiger partial charge on any atom is -0.428 e. The average molecular weight is 302 g/mol. The van der Waals surface area contributed by atoms with Crippen LogP contribution >= 0.6 is 11.6 Å². The second-order valence-corrected chi connectivity index (χ2v) is 4.91. The number of halogens is 1. The van der Waals surface area contributed by atoms with Crippen LogP contribution in [0.25, 0.3) is 10.9 Å². The lowest BCUT2D eigenvalue weighted by Crippen LogP contribution is -2.13. The summed E-state index contributed by atoms with van der Waals surface area (Å²) in [5.74, 6) is 0.338. The van der Waals surface area contributed by atoms with Gasteiger partial charge in [0.15, 0.2) is 0 Å². The third-order valence-corrected chi connectivity index (χ3v) is 3.24. The fourth-order valence-electron chi connectivity index (χ4n) is 1.91. The molecule has 0 aliphatic carbocycles. The molecule has 2 aromatic heterocycles. The van der Waals surface area contributed by atoms with Crippen molar-refractivity contribution < 1.29 is 9.21 Å². The standard InChI is InChI=1S/C15H12ClN3O2/c1-2-11-8-17-15(21-11)19-14(20)12-6-4-9-3-5-10(16)7-13(9)18-12/h3-8H,2H2,1H3,(H,17,19,20). The Kier molecular flexibility index (Phi) is 3.58. The first-order valence-electron chi connectivity index (χ1n) is 6.48. The van der Waals surface area contributed by atoms with Gasteiger partial charge in [-0.25, -0.2) is 9.97 Å². The van der Waals surface area contributed by atoms with Crippen LogP contribution in [0.3, 0.4) is 0 Å². The zero-order chi connectivity index (χ0) is 14.8. The molecule has 0 unspecified atom stereocenters. The summed E-state index contributed by atoms with van der Waals surface area (Å²) in [7, 11) is 0. The molecule has 0 fully saturated rings. The molecule has 0 saturated carbocycles. The molecule has 0 spiro atoms. The van der Waals surface area contributed by atoms with Crippen LogP contribution in [0.4, 0.5) is 6.01 Å². The lowest BCUT2D eigenvalue weighted by molar-refractivity contribution is 0.101. The molecular weight excluding hydrogens is 290 g/mol. The topological polar surface area (TPSA) is 68.0 Å². The fourth-order valence-corrected chi connectivity index (χ4v) is 2.07. The zero-order valence-corrected chi connectivity index (χ0v) is 12.0. The summed E-state index contributed by atoms with van der Waals surface area (Å²) in [6, 6.07) is 8.99. The van der Waals surface area contributed by atoms with E-state index < -0.39 is 0 Å². The number of anilines is 1. The number of nitrogens with zero attached hydrogens (tertiary/aromatic N) is 2. The molecule has 0 aliphatic rings. The van der Waals surface area contributed by atoms with E-state index in [-0.39, 0.29) is 17.6 Å². The monoisotopic (exact) mass is 301 g/mol. The minimum atomic E-state index is -0.374. The van der Waals surface area contributed by atoms with Crippen molar-refractivity contribution in [3.63, 3.8) is 0 Å². The molecule has 3 aromatic rings. The van der Waals surface area contributed by atoms with Crippen molar-refractivity contribution in [2.24, 2.45) is 0 Å². The molecule has 3 rings (SSSR count). The number of hydrogen-bond donors (Lipinski definition) is 1. The number of aromatic nitrogens is 2. The molecule has 0 radical (unpaired) electrons. The molecule has 106 valence electrons. The third-order valence-electron chi connectivity index (χ3n) is 3.01. The number of carbonyl (C=O) groups is 1. The van der Waals surface area contributed by atoms with E-state index in [1.807, 2.05) is 19.1 Å². The van der Waals surface area contributed by atoms with Gasteiger partial charge in [0.2, 0.25) is 0 Å². The SMILES string of the molecule is CCc1cnc(NC(=O)c2ccc3ccc(Cl)cc3n2)o1. The number of benzene rings is 1. The number of nitrogens with one attached hydrogen (secondary N) is 1. The first-order valence-corrected chi connectivity index (χ1v) is 6.86. The Bertz CT molecular complexity index is 814. The summed E-state index contributed by atoms with van der Waals surface area (Å²) >= 11 is 5.93. The summed E-state index contributed by atoms with van der Waals surface area (Å²) in [5.41, 5.74) is 0.942. The average Bonchev–Trinajstić information content (AvgIpc) is 2.94. The summed E-state index contributed by atoms with van der Waals surface area (Å²) in [6.45, 7) is 1.95. The van der Waals surface area contributed by atoms with Gasteiger partial charge in [0.1, 0.15) is 11.5 Å². The summed E-state index contributed by atoms with van der Waals surface area (Å²) in [5, 5.41) is 4.07. The number of pyridine rings is 1. The van der Waals surface area contributed by atoms with Crippen molar-refractivity contribution in [1.29, 1.82) is 0 Å². The Morgan fingerprint density at radius 1 is 1.33 bits per heavy atom. The van der Waals surface area contributed by atoms with Crippen LogP contribution in [0.5, 0.6) is 0 Å². The van der Waals surface area contributed by atoms with E-state index in [1.165, 1.54) is 0 Å². The number of fused-ring (bicyclic) bond motifs is 1. The van der Waals surface area contributed by atoms with Crippen LogP contribution in [0.1, 0.15) is 23.2 Å². The van der Waals surface area contributed by atoms with E-state index >= 15 is 0 Å². The van der Waals surface area contributed by atoms with E-state index in [1.54, 1.807) is 24.4 Å². The molecule has 21 heavy (non-hydrogen) atoms. The van der Waals surface area contributed by atoms with Crippen molar-refractivity contribution in [3.8, 4) is 0 Å². The van der Waals surface area contributed by atoms with Crippen molar-refractivity contribution in [3.05, 3.63) is 53.0 Å². The highest BCUT2D eigenvalue weighted by Crippen LogP contribution is 2.18. The molecule has 0 atom stereocenters. The molecule has 0 aliphatic heterocycles. The largest absolute Gasteiger partial charge is 0.428 e. The van der Waals surface area contributed by atoms with E-state index in [0.29, 0.717) is 16.3 Å². The van der Waals surface area contributed by atoms with Crippen LogP contribution in [0.15, 0.2) is 40.9 Å². The van der Waals surface area contributed by atoms with Crippen LogP contribution in [0, 0.1) is 0 Å². The van der Waals surface area contributed by atoms with Gasteiger partial charge >= 0.3 is 6.01 Å². The number of amides is 1. The van der Waals surface area contributed by atoms with Gasteiger partial charge in [-0.05, 0) is 18.2 Å². The lowest BCUT2D eigenvalue weighted by atomic mass is 10.2. The molecular formula is C15H12ClN3O2. The zero-order valence-electron chi connectivity index (χ0n) is 11.3. The van der Waals surface area contributed by atoms with Crippen molar-refractivity contribution in [1.82, 2.24) is 9.97 Å². The molecule has 5 nitrogen and oxygen atoms in total. The Labute approximate surface area is 126 Å². The van der Waals surface area contributed by atoms with Crippen LogP contribution < -0.4 is 5.32 Å². The number of oxazole rings is 1. The molecule has 0 saturated heterocycles. The fraction of sp³-hybridized carbons (Fsp3) is 0.133. The number of rotatable bonds is 3. The van der Waals surface area contributed by atoms with Gasteiger partial charge in [-0.3, -0.25) is 10.1 Å².